The van der Waals surface area contributed by atoms with Crippen LogP contribution in [0.25, 0.3) is 0 Å². The number of nitrogens with zero attached hydrogens (tertiary/aromatic N) is 1. The number of pyridine rings is 1. The van der Waals surface area contributed by atoms with Crippen molar-refractivity contribution in [3.63, 3.8) is 0 Å². The van der Waals surface area contributed by atoms with E-state index in [0.717, 1.165) is 0 Å². The van der Waals surface area contributed by atoms with Gasteiger partial charge < -0.3 is 10.4 Å². The molecule has 1 aromatic heterocycles. The zero-order valence-electron chi connectivity index (χ0n) is 9.32. The van der Waals surface area contributed by atoms with E-state index in [0.29, 0.717) is 10.2 Å². The molecule has 0 fully saturated rings. The van der Waals surface area contributed by atoms with Crippen molar-refractivity contribution >= 4 is 45.0 Å². The first-order chi connectivity index (χ1) is 8.97. The Hall–Kier alpha value is -1.66. The van der Waals surface area contributed by atoms with Gasteiger partial charge in [0.1, 0.15) is 11.6 Å². The number of carboxylic acids is 1. The smallest absolute Gasteiger partial charge is 0.337 e. The fourth-order valence-electron chi connectivity index (χ4n) is 1.40. The zero-order valence-corrected chi connectivity index (χ0v) is 11.7. The maximum Gasteiger partial charge on any atom is 0.337 e. The van der Waals surface area contributed by atoms with Crippen LogP contribution >= 0.6 is 27.5 Å². The molecule has 4 nitrogen and oxygen atoms in total. The van der Waals surface area contributed by atoms with Crippen LogP contribution in [0.1, 0.15) is 10.4 Å². The largest absolute Gasteiger partial charge is 0.478 e. The molecule has 1 aromatic carbocycles. The van der Waals surface area contributed by atoms with Crippen LogP contribution in [-0.2, 0) is 0 Å². The van der Waals surface area contributed by atoms with E-state index in [-0.39, 0.29) is 16.4 Å². The molecule has 1 heterocycles. The minimum Gasteiger partial charge on any atom is -0.478 e. The van der Waals surface area contributed by atoms with E-state index in [1.54, 1.807) is 0 Å². The van der Waals surface area contributed by atoms with E-state index in [1.165, 1.54) is 30.5 Å². The average molecular weight is 346 g/mol. The number of carbonyl (C=O) groups is 1. The summed E-state index contributed by atoms with van der Waals surface area (Å²) in [5.74, 6) is -1.32. The van der Waals surface area contributed by atoms with Crippen molar-refractivity contribution in [2.45, 2.75) is 0 Å². The van der Waals surface area contributed by atoms with Gasteiger partial charge in [0.15, 0.2) is 0 Å². The maximum absolute atomic E-state index is 13.1. The third-order valence-electron chi connectivity index (χ3n) is 2.28. The fourth-order valence-corrected chi connectivity index (χ4v) is 1.93. The van der Waals surface area contributed by atoms with Crippen LogP contribution in [0.15, 0.2) is 34.9 Å². The number of anilines is 2. The highest BCUT2D eigenvalue weighted by molar-refractivity contribution is 9.10. The summed E-state index contributed by atoms with van der Waals surface area (Å²) in [5.41, 5.74) is 0.359. The lowest BCUT2D eigenvalue weighted by Gasteiger charge is -2.09. The Kier molecular flexibility index (Phi) is 4.01. The lowest BCUT2D eigenvalue weighted by molar-refractivity contribution is 0.0697. The third kappa shape index (κ3) is 3.21. The fraction of sp³-hybridized carbons (Fsp3) is 0. The average Bonchev–Trinajstić information content (AvgIpc) is 2.36. The number of rotatable bonds is 3. The number of nitrogens with one attached hydrogen (secondary N) is 1. The number of hydrogen-bond donors (Lipinski definition) is 2. The minimum absolute atomic E-state index is 0.0383. The van der Waals surface area contributed by atoms with Gasteiger partial charge in [-0.25, -0.2) is 14.2 Å². The predicted molar refractivity (Wildman–Crippen MR) is 73.6 cm³/mol. The molecule has 0 bridgehead atoms. The normalized spacial score (nSPS) is 10.3. The number of carboxylic acid groups (broad SMARTS) is 1. The van der Waals surface area contributed by atoms with E-state index in [9.17, 15) is 9.18 Å². The van der Waals surface area contributed by atoms with Crippen molar-refractivity contribution in [2.75, 3.05) is 5.32 Å². The molecular formula is C12H7BrClFN2O2. The van der Waals surface area contributed by atoms with E-state index < -0.39 is 11.8 Å². The van der Waals surface area contributed by atoms with Gasteiger partial charge >= 0.3 is 5.97 Å². The summed E-state index contributed by atoms with van der Waals surface area (Å²) >= 11 is 8.96. The second-order valence-corrected chi connectivity index (χ2v) is 4.87. The first-order valence-electron chi connectivity index (χ1n) is 5.08. The van der Waals surface area contributed by atoms with Crippen LogP contribution in [-0.4, -0.2) is 16.1 Å². The van der Waals surface area contributed by atoms with Crippen molar-refractivity contribution in [3.05, 3.63) is 51.3 Å². The summed E-state index contributed by atoms with van der Waals surface area (Å²) in [4.78, 5) is 14.9. The molecule has 0 atom stereocenters. The van der Waals surface area contributed by atoms with Crippen molar-refractivity contribution in [1.82, 2.24) is 4.98 Å². The second-order valence-electron chi connectivity index (χ2n) is 3.60. The Morgan fingerprint density at radius 1 is 1.42 bits per heavy atom. The lowest BCUT2D eigenvalue weighted by atomic mass is 10.2. The van der Waals surface area contributed by atoms with Gasteiger partial charge in [0.2, 0.25) is 0 Å². The van der Waals surface area contributed by atoms with Gasteiger partial charge in [0, 0.05) is 10.7 Å². The van der Waals surface area contributed by atoms with Crippen molar-refractivity contribution < 1.29 is 14.3 Å². The van der Waals surface area contributed by atoms with Gasteiger partial charge in [-0.05, 0) is 40.2 Å². The predicted octanol–water partition coefficient (Wildman–Crippen LogP) is 4.08. The van der Waals surface area contributed by atoms with Crippen molar-refractivity contribution in [2.24, 2.45) is 0 Å². The third-order valence-corrected chi connectivity index (χ3v) is 3.27. The van der Waals surface area contributed by atoms with Crippen LogP contribution in [0, 0.1) is 5.82 Å². The summed E-state index contributed by atoms with van der Waals surface area (Å²) in [6, 6.07) is 5.38. The molecule has 0 saturated carbocycles. The molecule has 0 aliphatic rings. The van der Waals surface area contributed by atoms with E-state index in [1.807, 2.05) is 0 Å². The van der Waals surface area contributed by atoms with Crippen LogP contribution in [0.4, 0.5) is 15.9 Å². The topological polar surface area (TPSA) is 62.2 Å². The van der Waals surface area contributed by atoms with Gasteiger partial charge in [-0.15, -0.1) is 0 Å². The minimum atomic E-state index is -1.16. The molecule has 2 N–H and O–H groups in total. The summed E-state index contributed by atoms with van der Waals surface area (Å²) in [5, 5.41) is 11.8. The molecule has 0 spiro atoms. The Bertz CT molecular complexity index is 652. The Morgan fingerprint density at radius 3 is 2.84 bits per heavy atom. The molecule has 0 aliphatic heterocycles. The van der Waals surface area contributed by atoms with Gasteiger partial charge in [-0.2, -0.15) is 0 Å². The van der Waals surface area contributed by atoms with Gasteiger partial charge in [0.05, 0.1) is 16.3 Å². The van der Waals surface area contributed by atoms with Crippen LogP contribution in [0.2, 0.25) is 5.02 Å². The molecule has 0 saturated heterocycles. The van der Waals surface area contributed by atoms with Crippen molar-refractivity contribution in [3.8, 4) is 0 Å². The van der Waals surface area contributed by atoms with Gasteiger partial charge in [0.25, 0.3) is 0 Å². The molecule has 0 unspecified atom stereocenters. The Balaban J connectivity index is 2.36. The van der Waals surface area contributed by atoms with Crippen LogP contribution in [0.5, 0.6) is 0 Å². The number of halogens is 3. The zero-order chi connectivity index (χ0) is 14.0. The first-order valence-corrected chi connectivity index (χ1v) is 6.25. The Labute approximate surface area is 121 Å². The molecule has 0 aliphatic carbocycles. The molecule has 0 amide bonds. The maximum atomic E-state index is 13.1. The highest BCUT2D eigenvalue weighted by atomic mass is 79.9. The van der Waals surface area contributed by atoms with E-state index >= 15 is 0 Å². The molecule has 2 aromatic rings. The van der Waals surface area contributed by atoms with Crippen molar-refractivity contribution in [1.29, 1.82) is 0 Å². The molecule has 98 valence electrons. The number of aromatic carboxylic acids is 1. The quantitative estimate of drug-likeness (QED) is 0.880. The summed E-state index contributed by atoms with van der Waals surface area (Å²) < 4.78 is 13.8. The monoisotopic (exact) mass is 344 g/mol. The molecule has 7 heteroatoms. The van der Waals surface area contributed by atoms with Crippen LogP contribution < -0.4 is 5.32 Å². The van der Waals surface area contributed by atoms with Crippen LogP contribution in [0.3, 0.4) is 0 Å². The highest BCUT2D eigenvalue weighted by Crippen LogP contribution is 2.27. The first kappa shape index (κ1) is 13.8. The highest BCUT2D eigenvalue weighted by Gasteiger charge is 2.11. The Morgan fingerprint density at radius 2 is 2.16 bits per heavy atom. The van der Waals surface area contributed by atoms with E-state index in [2.05, 4.69) is 26.2 Å². The van der Waals surface area contributed by atoms with Gasteiger partial charge in [-0.1, -0.05) is 11.6 Å². The summed E-state index contributed by atoms with van der Waals surface area (Å²) in [7, 11) is 0. The van der Waals surface area contributed by atoms with E-state index in [4.69, 9.17) is 16.7 Å². The lowest BCUT2D eigenvalue weighted by Crippen LogP contribution is -2.01. The summed E-state index contributed by atoms with van der Waals surface area (Å²) in [6.45, 7) is 0. The van der Waals surface area contributed by atoms with Gasteiger partial charge in [-0.3, -0.25) is 0 Å². The molecule has 19 heavy (non-hydrogen) atoms. The second kappa shape index (κ2) is 5.54. The number of hydrogen-bond acceptors (Lipinski definition) is 3. The number of aromatic nitrogens is 1. The number of benzene rings is 1. The SMILES string of the molecule is O=C(O)c1cc(Nc2cc(F)ccc2Br)ncc1Cl. The molecule has 2 rings (SSSR count). The summed E-state index contributed by atoms with van der Waals surface area (Å²) in [6.07, 6.45) is 1.22. The molecular weight excluding hydrogens is 338 g/mol. The standard InChI is InChI=1S/C12H7BrClFN2O2/c13-8-2-1-6(15)3-10(8)17-11-4-7(12(18)19)9(14)5-16-11/h1-5H,(H,16,17)(H,18,19). The molecule has 0 radical (unpaired) electrons.